The van der Waals surface area contributed by atoms with Gasteiger partial charge in [0.25, 0.3) is 0 Å². The zero-order valence-corrected chi connectivity index (χ0v) is 15.3. The van der Waals surface area contributed by atoms with E-state index in [0.717, 1.165) is 6.42 Å². The monoisotopic (exact) mass is 334 g/mol. The third-order valence-electron chi connectivity index (χ3n) is 5.22. The number of benzene rings is 3. The first-order valence-electron chi connectivity index (χ1n) is 9.10. The van der Waals surface area contributed by atoms with Gasteiger partial charge >= 0.3 is 0 Å². The van der Waals surface area contributed by atoms with Crippen molar-refractivity contribution in [3.8, 4) is 12.3 Å². The van der Waals surface area contributed by atoms with Crippen molar-refractivity contribution in [2.45, 2.75) is 26.2 Å². The van der Waals surface area contributed by atoms with Crippen LogP contribution >= 0.6 is 0 Å². The highest BCUT2D eigenvalue weighted by Crippen LogP contribution is 2.51. The Hall–Kier alpha value is -3.04. The van der Waals surface area contributed by atoms with Crippen LogP contribution in [0.1, 0.15) is 45.7 Å². The van der Waals surface area contributed by atoms with Gasteiger partial charge in [0.1, 0.15) is 0 Å². The van der Waals surface area contributed by atoms with Gasteiger partial charge in [0.05, 0.1) is 0 Å². The molecule has 0 aliphatic heterocycles. The molecule has 0 fully saturated rings. The Bertz CT molecular complexity index is 1010. The number of hydrogen-bond acceptors (Lipinski definition) is 0. The lowest BCUT2D eigenvalue weighted by atomic mass is 9.87. The Labute approximate surface area is 156 Å². The van der Waals surface area contributed by atoms with Crippen LogP contribution in [0.25, 0.3) is 11.1 Å². The summed E-state index contributed by atoms with van der Waals surface area (Å²) in [5, 5.41) is 0. The van der Waals surface area contributed by atoms with Crippen molar-refractivity contribution in [2.75, 3.05) is 0 Å². The molecule has 1 aliphatic carbocycles. The predicted molar refractivity (Wildman–Crippen MR) is 111 cm³/mol. The number of allylic oxidation sites excluding steroid dienone is 1. The molecule has 0 amide bonds. The Balaban J connectivity index is 2.03. The molecule has 0 radical (unpaired) electrons. The molecule has 1 aliphatic rings. The maximum absolute atomic E-state index is 5.78. The Morgan fingerprint density at radius 2 is 1.50 bits per heavy atom. The summed E-state index contributed by atoms with van der Waals surface area (Å²) in [7, 11) is 0. The quantitative estimate of drug-likeness (QED) is 0.487. The van der Waals surface area contributed by atoms with E-state index in [0.29, 0.717) is 0 Å². The summed E-state index contributed by atoms with van der Waals surface area (Å²) in [4.78, 5) is 0. The van der Waals surface area contributed by atoms with Gasteiger partial charge in [0.2, 0.25) is 0 Å². The Morgan fingerprint density at radius 1 is 0.808 bits per heavy atom. The zero-order chi connectivity index (χ0) is 18.1. The highest BCUT2D eigenvalue weighted by atomic mass is 14.3. The molecule has 1 atom stereocenters. The van der Waals surface area contributed by atoms with Crippen LogP contribution < -0.4 is 0 Å². The van der Waals surface area contributed by atoms with Crippen LogP contribution in [0.15, 0.2) is 72.8 Å². The van der Waals surface area contributed by atoms with E-state index in [2.05, 4.69) is 92.6 Å². The van der Waals surface area contributed by atoms with E-state index in [1.807, 2.05) is 0 Å². The van der Waals surface area contributed by atoms with Crippen molar-refractivity contribution in [3.63, 3.8) is 0 Å². The Morgan fingerprint density at radius 3 is 2.19 bits per heavy atom. The molecular formula is C26H22. The van der Waals surface area contributed by atoms with Crippen molar-refractivity contribution in [1.82, 2.24) is 0 Å². The predicted octanol–water partition coefficient (Wildman–Crippen LogP) is 6.38. The smallest absolute Gasteiger partial charge is 0.0217 e. The minimum absolute atomic E-state index is 0.244. The molecule has 0 saturated carbocycles. The van der Waals surface area contributed by atoms with Crippen molar-refractivity contribution in [3.05, 3.63) is 106 Å². The number of hydrogen-bond donors (Lipinski definition) is 0. The maximum Gasteiger partial charge on any atom is 0.0217 e. The molecular weight excluding hydrogens is 312 g/mol. The van der Waals surface area contributed by atoms with E-state index < -0.39 is 0 Å². The summed E-state index contributed by atoms with van der Waals surface area (Å²) in [5.74, 6) is 3.16. The topological polar surface area (TPSA) is 0 Å². The minimum Gasteiger partial charge on any atom is -0.120 e. The van der Waals surface area contributed by atoms with Gasteiger partial charge in [-0.2, -0.15) is 0 Å². The van der Waals surface area contributed by atoms with Crippen molar-refractivity contribution < 1.29 is 0 Å². The fourth-order valence-corrected chi connectivity index (χ4v) is 4.00. The zero-order valence-electron chi connectivity index (χ0n) is 15.3. The molecule has 3 aromatic carbocycles. The van der Waals surface area contributed by atoms with Crippen LogP contribution in [0.2, 0.25) is 0 Å². The second kappa shape index (κ2) is 6.70. The maximum atomic E-state index is 5.78. The molecule has 0 heteroatoms. The fraction of sp³-hybridized carbons (Fsp3) is 0.154. The van der Waals surface area contributed by atoms with Crippen molar-refractivity contribution in [1.29, 1.82) is 0 Å². The van der Waals surface area contributed by atoms with E-state index in [-0.39, 0.29) is 5.92 Å². The molecule has 26 heavy (non-hydrogen) atoms. The normalized spacial score (nSPS) is 15.7. The number of aryl methyl sites for hydroxylation is 2. The van der Waals surface area contributed by atoms with Gasteiger partial charge in [-0.05, 0) is 47.2 Å². The lowest BCUT2D eigenvalue weighted by Gasteiger charge is -2.16. The first-order valence-corrected chi connectivity index (χ1v) is 9.10. The average molecular weight is 334 g/mol. The Kier molecular flexibility index (Phi) is 4.23. The third kappa shape index (κ3) is 2.76. The van der Waals surface area contributed by atoms with Crippen LogP contribution in [0, 0.1) is 26.2 Å². The summed E-state index contributed by atoms with van der Waals surface area (Å²) in [5.41, 5.74) is 10.4. The standard InChI is InChI=1S/C26H22/c1-4-8-22-24-17-19(3)13-16-23(24)26(21-14-11-18(2)12-15-21)25(22)20-9-6-5-7-10-20/h1,5-7,9-17,22H,8H2,2-3H3. The van der Waals surface area contributed by atoms with E-state index in [4.69, 9.17) is 6.42 Å². The van der Waals surface area contributed by atoms with Crippen LogP contribution in [0.5, 0.6) is 0 Å². The summed E-state index contributed by atoms with van der Waals surface area (Å²) in [6, 6.07) is 26.3. The van der Waals surface area contributed by atoms with E-state index in [1.165, 1.54) is 44.5 Å². The number of terminal acetylenes is 1. The van der Waals surface area contributed by atoms with Gasteiger partial charge in [-0.25, -0.2) is 0 Å². The van der Waals surface area contributed by atoms with Gasteiger partial charge in [0.15, 0.2) is 0 Å². The highest BCUT2D eigenvalue weighted by Gasteiger charge is 2.32. The summed E-state index contributed by atoms with van der Waals surface area (Å²) >= 11 is 0. The van der Waals surface area contributed by atoms with Gasteiger partial charge in [-0.3, -0.25) is 0 Å². The van der Waals surface area contributed by atoms with Crippen LogP contribution in [-0.2, 0) is 0 Å². The molecule has 0 spiro atoms. The largest absolute Gasteiger partial charge is 0.120 e. The molecule has 0 nitrogen and oxygen atoms in total. The highest BCUT2D eigenvalue weighted by molar-refractivity contribution is 6.05. The molecule has 0 saturated heterocycles. The average Bonchev–Trinajstić information content (AvgIpc) is 2.97. The number of rotatable bonds is 3. The molecule has 0 heterocycles. The van der Waals surface area contributed by atoms with Crippen molar-refractivity contribution in [2.24, 2.45) is 0 Å². The lowest BCUT2D eigenvalue weighted by molar-refractivity contribution is 0.916. The summed E-state index contributed by atoms with van der Waals surface area (Å²) < 4.78 is 0. The van der Waals surface area contributed by atoms with E-state index in [9.17, 15) is 0 Å². The molecule has 0 N–H and O–H groups in total. The third-order valence-corrected chi connectivity index (χ3v) is 5.22. The molecule has 126 valence electrons. The second-order valence-electron chi connectivity index (χ2n) is 7.07. The van der Waals surface area contributed by atoms with E-state index >= 15 is 0 Å². The molecule has 3 aromatic rings. The van der Waals surface area contributed by atoms with Gasteiger partial charge in [0, 0.05) is 12.3 Å². The fourth-order valence-electron chi connectivity index (χ4n) is 4.00. The van der Waals surface area contributed by atoms with Crippen LogP contribution in [0.3, 0.4) is 0 Å². The van der Waals surface area contributed by atoms with Gasteiger partial charge in [-0.1, -0.05) is 83.9 Å². The molecule has 1 unspecified atom stereocenters. The van der Waals surface area contributed by atoms with Crippen LogP contribution in [0.4, 0.5) is 0 Å². The molecule has 0 aromatic heterocycles. The van der Waals surface area contributed by atoms with Gasteiger partial charge < -0.3 is 0 Å². The molecule has 4 rings (SSSR count). The molecule has 0 bridgehead atoms. The van der Waals surface area contributed by atoms with Crippen molar-refractivity contribution >= 4 is 11.1 Å². The minimum atomic E-state index is 0.244. The SMILES string of the molecule is C#CCC1C(c2ccccc2)=C(c2ccc(C)cc2)c2ccc(C)cc21. The summed E-state index contributed by atoms with van der Waals surface area (Å²) in [6.07, 6.45) is 6.49. The first-order chi connectivity index (χ1) is 12.7. The summed E-state index contributed by atoms with van der Waals surface area (Å²) in [6.45, 7) is 4.28. The lowest BCUT2D eigenvalue weighted by Crippen LogP contribution is -1.98. The van der Waals surface area contributed by atoms with Crippen LogP contribution in [-0.4, -0.2) is 0 Å². The second-order valence-corrected chi connectivity index (χ2v) is 7.07. The van der Waals surface area contributed by atoms with Gasteiger partial charge in [-0.15, -0.1) is 12.3 Å². The number of fused-ring (bicyclic) bond motifs is 1. The first kappa shape index (κ1) is 16.4. The van der Waals surface area contributed by atoms with E-state index in [1.54, 1.807) is 0 Å².